The third-order valence-corrected chi connectivity index (χ3v) is 7.74. The lowest BCUT2D eigenvalue weighted by Gasteiger charge is -2.19. The first kappa shape index (κ1) is 26.0. The molecule has 0 radical (unpaired) electrons. The Labute approximate surface area is 225 Å². The molecular weight excluding hydrogens is 506 g/mol. The number of aryl methyl sites for hydroxylation is 1. The molecule has 1 aliphatic carbocycles. The standard InChI is InChI=1S/C28H30ClN5O4/c1-3-33-25-9-7-20(10-22(25)27(36)34(28(33)37)13-17-4-5-17)31-26(35)23-15-32(2)14-19(23)16-38-21-8-6-18(12-30)24(29)11-21/h6-11,17,19,23H,3-5,13-16H2,1-2H3,(H,31,35)/t19-,23+/m0/s1. The van der Waals surface area contributed by atoms with Gasteiger partial charge in [0.2, 0.25) is 5.91 Å². The number of benzene rings is 2. The van der Waals surface area contributed by atoms with Gasteiger partial charge in [-0.25, -0.2) is 4.79 Å². The van der Waals surface area contributed by atoms with Crippen LogP contribution in [0.2, 0.25) is 5.02 Å². The van der Waals surface area contributed by atoms with Crippen molar-refractivity contribution in [3.05, 3.63) is 67.8 Å². The molecule has 2 aromatic carbocycles. The van der Waals surface area contributed by atoms with E-state index >= 15 is 0 Å². The maximum atomic E-state index is 13.3. The summed E-state index contributed by atoms with van der Waals surface area (Å²) in [4.78, 5) is 41.6. The lowest BCUT2D eigenvalue weighted by Crippen LogP contribution is -2.40. The molecule has 5 rings (SSSR count). The maximum Gasteiger partial charge on any atom is 0.331 e. The van der Waals surface area contributed by atoms with Crippen molar-refractivity contribution in [3.63, 3.8) is 0 Å². The molecule has 2 atom stereocenters. The van der Waals surface area contributed by atoms with Crippen molar-refractivity contribution in [2.75, 3.05) is 32.1 Å². The van der Waals surface area contributed by atoms with Gasteiger partial charge in [0.15, 0.2) is 0 Å². The van der Waals surface area contributed by atoms with E-state index in [-0.39, 0.29) is 29.0 Å². The summed E-state index contributed by atoms with van der Waals surface area (Å²) in [7, 11) is 1.96. The van der Waals surface area contributed by atoms with E-state index in [2.05, 4.69) is 10.2 Å². The van der Waals surface area contributed by atoms with Crippen LogP contribution in [0.5, 0.6) is 5.75 Å². The molecule has 2 heterocycles. The normalized spacial score (nSPS) is 19.4. The van der Waals surface area contributed by atoms with Gasteiger partial charge in [-0.3, -0.25) is 18.7 Å². The fourth-order valence-electron chi connectivity index (χ4n) is 5.19. The molecule has 0 spiro atoms. The first-order chi connectivity index (χ1) is 18.3. The monoisotopic (exact) mass is 535 g/mol. The lowest BCUT2D eigenvalue weighted by molar-refractivity contribution is -0.120. The van der Waals surface area contributed by atoms with Crippen LogP contribution in [-0.4, -0.2) is 46.7 Å². The number of hydrogen-bond donors (Lipinski definition) is 1. The molecule has 0 bridgehead atoms. The van der Waals surface area contributed by atoms with E-state index in [0.717, 1.165) is 12.8 Å². The molecule has 1 saturated carbocycles. The van der Waals surface area contributed by atoms with Gasteiger partial charge in [0.05, 0.1) is 34.0 Å². The van der Waals surface area contributed by atoms with Crippen molar-refractivity contribution >= 4 is 34.1 Å². The number of nitriles is 1. The van der Waals surface area contributed by atoms with Crippen LogP contribution in [0.25, 0.3) is 10.9 Å². The fourth-order valence-corrected chi connectivity index (χ4v) is 5.41. The number of aromatic nitrogens is 2. The number of halogens is 1. The molecule has 1 N–H and O–H groups in total. The van der Waals surface area contributed by atoms with Crippen molar-refractivity contribution in [2.24, 2.45) is 17.8 Å². The molecule has 1 aliphatic heterocycles. The van der Waals surface area contributed by atoms with Crippen LogP contribution in [0.4, 0.5) is 5.69 Å². The zero-order valence-electron chi connectivity index (χ0n) is 21.4. The Bertz CT molecular complexity index is 1550. The Kier molecular flexibility index (Phi) is 7.28. The number of carbonyl (C=O) groups excluding carboxylic acids is 1. The third kappa shape index (κ3) is 5.19. The van der Waals surface area contributed by atoms with E-state index < -0.39 is 0 Å². The van der Waals surface area contributed by atoms with Crippen molar-refractivity contribution in [1.29, 1.82) is 5.26 Å². The summed E-state index contributed by atoms with van der Waals surface area (Å²) in [5.74, 6) is 0.394. The van der Waals surface area contributed by atoms with Gasteiger partial charge in [0.1, 0.15) is 11.8 Å². The minimum Gasteiger partial charge on any atom is -0.493 e. The van der Waals surface area contributed by atoms with Crippen LogP contribution in [0.3, 0.4) is 0 Å². The van der Waals surface area contributed by atoms with Crippen LogP contribution < -0.4 is 21.3 Å². The predicted molar refractivity (Wildman–Crippen MR) is 146 cm³/mol. The lowest BCUT2D eigenvalue weighted by atomic mass is 9.96. The Morgan fingerprint density at radius 1 is 1.16 bits per heavy atom. The second-order valence-electron chi connectivity index (χ2n) is 10.3. The second kappa shape index (κ2) is 10.6. The van der Waals surface area contributed by atoms with Gasteiger partial charge in [-0.15, -0.1) is 0 Å². The highest BCUT2D eigenvalue weighted by molar-refractivity contribution is 6.31. The van der Waals surface area contributed by atoms with Crippen molar-refractivity contribution in [3.8, 4) is 11.8 Å². The summed E-state index contributed by atoms with van der Waals surface area (Å²) in [6, 6.07) is 12.1. The number of hydrogen-bond acceptors (Lipinski definition) is 6. The van der Waals surface area contributed by atoms with E-state index in [1.54, 1.807) is 41.0 Å². The van der Waals surface area contributed by atoms with Gasteiger partial charge in [-0.2, -0.15) is 5.26 Å². The largest absolute Gasteiger partial charge is 0.493 e. The van der Waals surface area contributed by atoms with Crippen molar-refractivity contribution in [1.82, 2.24) is 14.0 Å². The quantitative estimate of drug-likeness (QED) is 0.474. The molecule has 1 amide bonds. The molecule has 3 aromatic rings. The summed E-state index contributed by atoms with van der Waals surface area (Å²) >= 11 is 6.12. The average Bonchev–Trinajstić information content (AvgIpc) is 3.65. The summed E-state index contributed by atoms with van der Waals surface area (Å²) in [6.45, 7) is 4.35. The number of rotatable bonds is 8. The summed E-state index contributed by atoms with van der Waals surface area (Å²) in [6.07, 6.45) is 2.07. The Morgan fingerprint density at radius 3 is 2.63 bits per heavy atom. The summed E-state index contributed by atoms with van der Waals surface area (Å²) < 4.78 is 8.88. The SMILES string of the molecule is CCn1c(=O)n(CC2CC2)c(=O)c2cc(NC(=O)[C@@H]3CN(C)C[C@H]3COc3ccc(C#N)c(Cl)c3)ccc21. The van der Waals surface area contributed by atoms with Gasteiger partial charge in [0.25, 0.3) is 5.56 Å². The molecular formula is C28H30ClN5O4. The number of nitrogens with zero attached hydrogens (tertiary/aromatic N) is 4. The molecule has 10 heteroatoms. The molecule has 1 saturated heterocycles. The highest BCUT2D eigenvalue weighted by Crippen LogP contribution is 2.30. The number of amides is 1. The predicted octanol–water partition coefficient (Wildman–Crippen LogP) is 3.31. The highest BCUT2D eigenvalue weighted by atomic mass is 35.5. The average molecular weight is 536 g/mol. The number of fused-ring (bicyclic) bond motifs is 1. The molecule has 38 heavy (non-hydrogen) atoms. The molecule has 2 fully saturated rings. The second-order valence-corrected chi connectivity index (χ2v) is 10.7. The third-order valence-electron chi connectivity index (χ3n) is 7.43. The number of nitrogens with one attached hydrogen (secondary N) is 1. The number of anilines is 1. The van der Waals surface area contributed by atoms with Crippen LogP contribution in [0, 0.1) is 29.1 Å². The van der Waals surface area contributed by atoms with Gasteiger partial charge in [-0.05, 0) is 63.1 Å². The first-order valence-corrected chi connectivity index (χ1v) is 13.3. The van der Waals surface area contributed by atoms with E-state index in [1.807, 2.05) is 20.0 Å². The van der Waals surface area contributed by atoms with Crippen LogP contribution in [0.15, 0.2) is 46.0 Å². The Balaban J connectivity index is 1.35. The smallest absolute Gasteiger partial charge is 0.331 e. The van der Waals surface area contributed by atoms with E-state index in [0.29, 0.717) is 71.6 Å². The highest BCUT2D eigenvalue weighted by Gasteiger charge is 2.36. The molecule has 0 unspecified atom stereocenters. The van der Waals surface area contributed by atoms with Crippen molar-refractivity contribution in [2.45, 2.75) is 32.9 Å². The molecule has 2 aliphatic rings. The topological polar surface area (TPSA) is 109 Å². The van der Waals surface area contributed by atoms with Crippen LogP contribution >= 0.6 is 11.6 Å². The van der Waals surface area contributed by atoms with Crippen LogP contribution in [0.1, 0.15) is 25.3 Å². The Morgan fingerprint density at radius 2 is 1.95 bits per heavy atom. The van der Waals surface area contributed by atoms with Gasteiger partial charge in [-0.1, -0.05) is 11.6 Å². The number of ether oxygens (including phenoxy) is 1. The molecule has 9 nitrogen and oxygen atoms in total. The molecule has 198 valence electrons. The minimum atomic E-state index is -0.319. The number of carbonyl (C=O) groups is 1. The van der Waals surface area contributed by atoms with Gasteiger partial charge >= 0.3 is 5.69 Å². The number of likely N-dealkylation sites (tertiary alicyclic amines) is 1. The maximum absolute atomic E-state index is 13.3. The summed E-state index contributed by atoms with van der Waals surface area (Å²) in [5.41, 5.74) is 0.870. The zero-order valence-corrected chi connectivity index (χ0v) is 22.2. The van der Waals surface area contributed by atoms with Crippen LogP contribution in [-0.2, 0) is 17.9 Å². The summed E-state index contributed by atoms with van der Waals surface area (Å²) in [5, 5.41) is 12.8. The van der Waals surface area contributed by atoms with Gasteiger partial charge in [0, 0.05) is 43.9 Å². The van der Waals surface area contributed by atoms with Gasteiger partial charge < -0.3 is 15.0 Å². The first-order valence-electron chi connectivity index (χ1n) is 12.9. The molecule has 1 aromatic heterocycles. The van der Waals surface area contributed by atoms with E-state index in [1.165, 1.54) is 4.57 Å². The fraction of sp³-hybridized carbons (Fsp3) is 0.429. The Hall–Kier alpha value is -3.61. The minimum absolute atomic E-state index is 0.0593. The van der Waals surface area contributed by atoms with Crippen molar-refractivity contribution < 1.29 is 9.53 Å². The van der Waals surface area contributed by atoms with E-state index in [4.69, 9.17) is 21.6 Å². The zero-order chi connectivity index (χ0) is 27.0. The van der Waals surface area contributed by atoms with E-state index in [9.17, 15) is 14.4 Å².